The number of hydrogen-bond donors (Lipinski definition) is 2. The van der Waals surface area contributed by atoms with Gasteiger partial charge in [-0.25, -0.2) is 0 Å². The van der Waals surface area contributed by atoms with E-state index in [0.717, 1.165) is 25.9 Å². The lowest BCUT2D eigenvalue weighted by Crippen LogP contribution is -2.37. The second-order valence-electron chi connectivity index (χ2n) is 3.95. The largest absolute Gasteiger partial charge is 0.488 e. The van der Waals surface area contributed by atoms with E-state index in [2.05, 4.69) is 5.32 Å². The Hall–Kier alpha value is -1.55. The summed E-state index contributed by atoms with van der Waals surface area (Å²) in [5.41, 5.74) is 5.74. The lowest BCUT2D eigenvalue weighted by Gasteiger charge is -2.24. The predicted octanol–water partition coefficient (Wildman–Crippen LogP) is 0.916. The molecule has 1 fully saturated rings. The second kappa shape index (κ2) is 4.99. The van der Waals surface area contributed by atoms with Gasteiger partial charge in [-0.05, 0) is 31.5 Å². The molecule has 1 aromatic rings. The average Bonchev–Trinajstić information content (AvgIpc) is 2.31. The van der Waals surface area contributed by atoms with E-state index in [0.29, 0.717) is 11.3 Å². The zero-order chi connectivity index (χ0) is 11.4. The van der Waals surface area contributed by atoms with E-state index in [1.807, 2.05) is 6.07 Å². The van der Waals surface area contributed by atoms with Crippen LogP contribution in [0.4, 0.5) is 0 Å². The number of primary amides is 1. The van der Waals surface area contributed by atoms with Gasteiger partial charge in [0.15, 0.2) is 0 Å². The van der Waals surface area contributed by atoms with Gasteiger partial charge in [-0.2, -0.15) is 0 Å². The smallest absolute Gasteiger partial charge is 0.252 e. The standard InChI is InChI=1S/C12H16N2O2/c13-12(15)10-5-1-2-6-11(10)16-9-4-3-7-14-8-9/h1-2,5-6,9,14H,3-4,7-8H2,(H2,13,15)/t9-/m0/s1. The van der Waals surface area contributed by atoms with Gasteiger partial charge in [-0.3, -0.25) is 4.79 Å². The molecule has 0 bridgehead atoms. The summed E-state index contributed by atoms with van der Waals surface area (Å²) in [6.45, 7) is 1.87. The maximum Gasteiger partial charge on any atom is 0.252 e. The molecule has 2 rings (SSSR count). The van der Waals surface area contributed by atoms with Crippen molar-refractivity contribution in [3.63, 3.8) is 0 Å². The van der Waals surface area contributed by atoms with Gasteiger partial charge < -0.3 is 15.8 Å². The fourth-order valence-electron chi connectivity index (χ4n) is 1.87. The SMILES string of the molecule is NC(=O)c1ccccc1O[C@H]1CCCNC1. The predicted molar refractivity (Wildman–Crippen MR) is 61.5 cm³/mol. The number of para-hydroxylation sites is 1. The molecule has 4 heteroatoms. The van der Waals surface area contributed by atoms with Crippen molar-refractivity contribution in [2.45, 2.75) is 18.9 Å². The van der Waals surface area contributed by atoms with E-state index >= 15 is 0 Å². The molecule has 1 atom stereocenters. The molecule has 0 unspecified atom stereocenters. The van der Waals surface area contributed by atoms with Crippen LogP contribution in [0.3, 0.4) is 0 Å². The third-order valence-electron chi connectivity index (χ3n) is 2.70. The van der Waals surface area contributed by atoms with Crippen LogP contribution in [-0.4, -0.2) is 25.1 Å². The summed E-state index contributed by atoms with van der Waals surface area (Å²) in [7, 11) is 0. The third-order valence-corrected chi connectivity index (χ3v) is 2.70. The number of nitrogens with one attached hydrogen (secondary N) is 1. The van der Waals surface area contributed by atoms with Gasteiger partial charge in [0.25, 0.3) is 5.91 Å². The van der Waals surface area contributed by atoms with E-state index in [1.165, 1.54) is 0 Å². The highest BCUT2D eigenvalue weighted by Gasteiger charge is 2.17. The minimum absolute atomic E-state index is 0.134. The summed E-state index contributed by atoms with van der Waals surface area (Å²) in [5, 5.41) is 3.26. The summed E-state index contributed by atoms with van der Waals surface area (Å²) in [4.78, 5) is 11.2. The molecule has 3 N–H and O–H groups in total. The van der Waals surface area contributed by atoms with Crippen LogP contribution in [0.5, 0.6) is 5.75 Å². The topological polar surface area (TPSA) is 64.4 Å². The summed E-state index contributed by atoms with van der Waals surface area (Å²) < 4.78 is 5.78. The molecule has 0 saturated carbocycles. The van der Waals surface area contributed by atoms with E-state index in [1.54, 1.807) is 18.2 Å². The quantitative estimate of drug-likeness (QED) is 0.796. The van der Waals surface area contributed by atoms with Crippen molar-refractivity contribution in [2.24, 2.45) is 5.73 Å². The molecule has 1 aliphatic heterocycles. The fourth-order valence-corrected chi connectivity index (χ4v) is 1.87. The first-order valence-corrected chi connectivity index (χ1v) is 5.53. The lowest BCUT2D eigenvalue weighted by molar-refractivity contribution is 0.0990. The highest BCUT2D eigenvalue weighted by molar-refractivity contribution is 5.95. The minimum atomic E-state index is -0.445. The summed E-state index contributed by atoms with van der Waals surface area (Å²) in [6.07, 6.45) is 2.25. The Kier molecular flexibility index (Phi) is 3.41. The summed E-state index contributed by atoms with van der Waals surface area (Å²) >= 11 is 0. The molecule has 1 amide bonds. The van der Waals surface area contributed by atoms with Crippen molar-refractivity contribution >= 4 is 5.91 Å². The molecule has 0 radical (unpaired) electrons. The molecule has 86 valence electrons. The van der Waals surface area contributed by atoms with Crippen LogP contribution in [0.15, 0.2) is 24.3 Å². The number of carbonyl (C=O) groups excluding carboxylic acids is 1. The third kappa shape index (κ3) is 2.52. The van der Waals surface area contributed by atoms with Crippen molar-refractivity contribution in [2.75, 3.05) is 13.1 Å². The van der Waals surface area contributed by atoms with Crippen molar-refractivity contribution in [1.29, 1.82) is 0 Å². The molecule has 1 aliphatic rings. The van der Waals surface area contributed by atoms with Crippen LogP contribution in [0.1, 0.15) is 23.2 Å². The number of benzene rings is 1. The number of piperidine rings is 1. The summed E-state index contributed by atoms with van der Waals surface area (Å²) in [5.74, 6) is 0.142. The number of nitrogens with two attached hydrogens (primary N) is 1. The molecule has 1 heterocycles. The molecule has 4 nitrogen and oxygen atoms in total. The number of hydrogen-bond acceptors (Lipinski definition) is 3. The minimum Gasteiger partial charge on any atom is -0.488 e. The molecular formula is C12H16N2O2. The van der Waals surface area contributed by atoms with Crippen LogP contribution in [0.2, 0.25) is 0 Å². The highest BCUT2D eigenvalue weighted by Crippen LogP contribution is 2.20. The Morgan fingerprint density at radius 1 is 1.44 bits per heavy atom. The van der Waals surface area contributed by atoms with Crippen LogP contribution in [-0.2, 0) is 0 Å². The maximum atomic E-state index is 11.2. The van der Waals surface area contributed by atoms with E-state index < -0.39 is 5.91 Å². The molecule has 16 heavy (non-hydrogen) atoms. The molecule has 0 spiro atoms. The van der Waals surface area contributed by atoms with Gasteiger partial charge in [0.05, 0.1) is 5.56 Å². The van der Waals surface area contributed by atoms with Crippen molar-refractivity contribution in [3.05, 3.63) is 29.8 Å². The first kappa shape index (κ1) is 11.0. The van der Waals surface area contributed by atoms with Gasteiger partial charge >= 0.3 is 0 Å². The Balaban J connectivity index is 2.10. The highest BCUT2D eigenvalue weighted by atomic mass is 16.5. The van der Waals surface area contributed by atoms with E-state index in [4.69, 9.17) is 10.5 Å². The van der Waals surface area contributed by atoms with Crippen molar-refractivity contribution in [3.8, 4) is 5.75 Å². The summed E-state index contributed by atoms with van der Waals surface area (Å²) in [6, 6.07) is 7.10. The fraction of sp³-hybridized carbons (Fsp3) is 0.417. The van der Waals surface area contributed by atoms with Gasteiger partial charge in [0.1, 0.15) is 11.9 Å². The van der Waals surface area contributed by atoms with Crippen LogP contribution < -0.4 is 15.8 Å². The Morgan fingerprint density at radius 2 is 2.25 bits per heavy atom. The van der Waals surface area contributed by atoms with Crippen LogP contribution in [0.25, 0.3) is 0 Å². The Bertz CT molecular complexity index is 373. The van der Waals surface area contributed by atoms with Gasteiger partial charge in [0.2, 0.25) is 0 Å². The molecule has 1 aromatic carbocycles. The number of carbonyl (C=O) groups is 1. The van der Waals surface area contributed by atoms with E-state index in [-0.39, 0.29) is 6.10 Å². The van der Waals surface area contributed by atoms with Crippen molar-refractivity contribution in [1.82, 2.24) is 5.32 Å². The normalized spacial score (nSPS) is 20.4. The zero-order valence-electron chi connectivity index (χ0n) is 9.11. The number of amides is 1. The second-order valence-corrected chi connectivity index (χ2v) is 3.95. The Labute approximate surface area is 94.8 Å². The zero-order valence-corrected chi connectivity index (χ0v) is 9.11. The van der Waals surface area contributed by atoms with E-state index in [9.17, 15) is 4.79 Å². The van der Waals surface area contributed by atoms with Gasteiger partial charge in [-0.1, -0.05) is 12.1 Å². The number of rotatable bonds is 3. The van der Waals surface area contributed by atoms with Crippen LogP contribution in [0, 0.1) is 0 Å². The first-order valence-electron chi connectivity index (χ1n) is 5.53. The molecule has 0 aliphatic carbocycles. The molecule has 0 aromatic heterocycles. The lowest BCUT2D eigenvalue weighted by atomic mass is 10.1. The molecular weight excluding hydrogens is 204 g/mol. The molecule has 1 saturated heterocycles. The maximum absolute atomic E-state index is 11.2. The monoisotopic (exact) mass is 220 g/mol. The number of ether oxygens (including phenoxy) is 1. The van der Waals surface area contributed by atoms with Crippen LogP contribution >= 0.6 is 0 Å². The Morgan fingerprint density at radius 3 is 2.94 bits per heavy atom. The van der Waals surface area contributed by atoms with Gasteiger partial charge in [-0.15, -0.1) is 0 Å². The van der Waals surface area contributed by atoms with Crippen molar-refractivity contribution < 1.29 is 9.53 Å². The van der Waals surface area contributed by atoms with Gasteiger partial charge in [0, 0.05) is 6.54 Å². The first-order chi connectivity index (χ1) is 7.77. The average molecular weight is 220 g/mol.